The van der Waals surface area contributed by atoms with Crippen LogP contribution in [0.5, 0.6) is 0 Å². The zero-order valence-electron chi connectivity index (χ0n) is 20.9. The Morgan fingerprint density at radius 3 is 2.48 bits per heavy atom. The third kappa shape index (κ3) is 5.32. The lowest BCUT2D eigenvalue weighted by Crippen LogP contribution is -2.10. The Balaban J connectivity index is 1.37. The van der Waals surface area contributed by atoms with E-state index >= 15 is 0 Å². The summed E-state index contributed by atoms with van der Waals surface area (Å²) < 4.78 is 39.2. The molecule has 0 spiro atoms. The molecule has 0 unspecified atom stereocenters. The Kier molecular flexibility index (Phi) is 6.35. The van der Waals surface area contributed by atoms with Gasteiger partial charge in [-0.3, -0.25) is 9.48 Å². The van der Waals surface area contributed by atoms with Crippen molar-refractivity contribution >= 4 is 55.7 Å². The molecule has 1 amide bonds. The fourth-order valence-corrected chi connectivity index (χ4v) is 4.58. The molecule has 0 bridgehead atoms. The predicted molar refractivity (Wildman–Crippen MR) is 149 cm³/mol. The maximum atomic E-state index is 12.4. The molecular weight excluding hydrogens is 517 g/mol. The van der Waals surface area contributed by atoms with Crippen LogP contribution in [0.1, 0.15) is 5.56 Å². The van der Waals surface area contributed by atoms with E-state index in [0.29, 0.717) is 35.0 Å². The van der Waals surface area contributed by atoms with Gasteiger partial charge in [0, 0.05) is 51.3 Å². The number of hydrogen-bond donors (Lipinski definition) is 2. The number of fused-ring (bicyclic) bond motifs is 4. The Bertz CT molecular complexity index is 1900. The van der Waals surface area contributed by atoms with E-state index < -0.39 is 12.1 Å². The van der Waals surface area contributed by atoms with Crippen LogP contribution in [-0.2, 0) is 11.3 Å². The molecule has 40 heavy (non-hydrogen) atoms. The summed E-state index contributed by atoms with van der Waals surface area (Å²) in [4.78, 5) is 20.7. The van der Waals surface area contributed by atoms with Crippen molar-refractivity contribution in [2.45, 2.75) is 12.7 Å². The van der Waals surface area contributed by atoms with Crippen LogP contribution in [-0.4, -0.2) is 31.8 Å². The zero-order valence-corrected chi connectivity index (χ0v) is 20.9. The molecule has 0 aliphatic rings. The summed E-state index contributed by atoms with van der Waals surface area (Å²) in [5.41, 5.74) is 3.72. The standard InChI is InChI=1S/C30H21F3N6O/c31-30(32,33)13-12-27(40)36-21-10-11-25-24(15-21)29(35-18-34-25)37-26-14-20-17-39(16-19-6-2-1-3-7-19)38-28(20)23-9-5-4-8-22(23)26/h1-15,17-18H,16H2,(H,36,40)(H,34,35,37). The fraction of sp³-hybridized carbons (Fsp3) is 0.0667. The van der Waals surface area contributed by atoms with Gasteiger partial charge < -0.3 is 10.6 Å². The van der Waals surface area contributed by atoms with Crippen molar-refractivity contribution in [3.63, 3.8) is 0 Å². The van der Waals surface area contributed by atoms with Crippen LogP contribution in [0, 0.1) is 0 Å². The summed E-state index contributed by atoms with van der Waals surface area (Å²) in [7, 11) is 0. The number of anilines is 3. The van der Waals surface area contributed by atoms with Gasteiger partial charge in [0.2, 0.25) is 5.91 Å². The first-order valence-corrected chi connectivity index (χ1v) is 12.3. The summed E-state index contributed by atoms with van der Waals surface area (Å²) in [5, 5.41) is 14.1. The number of halogens is 3. The average molecular weight is 539 g/mol. The minimum Gasteiger partial charge on any atom is -0.339 e. The van der Waals surface area contributed by atoms with Crippen LogP contribution in [0.2, 0.25) is 0 Å². The third-order valence-corrected chi connectivity index (χ3v) is 6.33. The Hall–Kier alpha value is -5.25. The van der Waals surface area contributed by atoms with Crippen LogP contribution in [0.25, 0.3) is 32.6 Å². The number of nitrogens with one attached hydrogen (secondary N) is 2. The molecule has 7 nitrogen and oxygen atoms in total. The largest absolute Gasteiger partial charge is 0.409 e. The number of benzene rings is 4. The van der Waals surface area contributed by atoms with Crippen LogP contribution in [0.3, 0.4) is 0 Å². The Morgan fingerprint density at radius 1 is 0.900 bits per heavy atom. The van der Waals surface area contributed by atoms with Crippen molar-refractivity contribution in [3.8, 4) is 0 Å². The molecule has 10 heteroatoms. The lowest BCUT2D eigenvalue weighted by atomic mass is 10.1. The second kappa shape index (κ2) is 10.1. The third-order valence-electron chi connectivity index (χ3n) is 6.33. The molecule has 0 aliphatic carbocycles. The van der Waals surface area contributed by atoms with Gasteiger partial charge in [-0.15, -0.1) is 0 Å². The van der Waals surface area contributed by atoms with Crippen LogP contribution < -0.4 is 10.6 Å². The molecule has 198 valence electrons. The summed E-state index contributed by atoms with van der Waals surface area (Å²) in [6.45, 7) is 0.635. The van der Waals surface area contributed by atoms with Gasteiger partial charge in [0.1, 0.15) is 17.7 Å². The summed E-state index contributed by atoms with van der Waals surface area (Å²) in [6, 6.07) is 24.9. The zero-order chi connectivity index (χ0) is 27.7. The van der Waals surface area contributed by atoms with E-state index in [1.165, 1.54) is 6.33 Å². The van der Waals surface area contributed by atoms with Crippen molar-refractivity contribution in [2.75, 3.05) is 10.6 Å². The predicted octanol–water partition coefficient (Wildman–Crippen LogP) is 6.98. The highest BCUT2D eigenvalue weighted by atomic mass is 19.4. The molecular formula is C30H21F3N6O. The summed E-state index contributed by atoms with van der Waals surface area (Å²) >= 11 is 0. The van der Waals surface area contributed by atoms with Gasteiger partial charge in [0.25, 0.3) is 0 Å². The van der Waals surface area contributed by atoms with Gasteiger partial charge >= 0.3 is 6.18 Å². The number of carbonyl (C=O) groups excluding carboxylic acids is 1. The lowest BCUT2D eigenvalue weighted by molar-refractivity contribution is -0.112. The highest BCUT2D eigenvalue weighted by Gasteiger charge is 2.22. The van der Waals surface area contributed by atoms with Gasteiger partial charge in [-0.1, -0.05) is 54.6 Å². The monoisotopic (exact) mass is 538 g/mol. The van der Waals surface area contributed by atoms with E-state index in [-0.39, 0.29) is 6.08 Å². The van der Waals surface area contributed by atoms with Gasteiger partial charge in [-0.25, -0.2) is 9.97 Å². The maximum Gasteiger partial charge on any atom is 0.409 e. The molecule has 0 saturated carbocycles. The SMILES string of the molecule is O=C(C=CC(F)(F)F)Nc1ccc2ncnc(Nc3cc4cn(Cc5ccccc5)nc4c4ccccc34)c2c1. The van der Waals surface area contributed by atoms with Gasteiger partial charge in [0.15, 0.2) is 0 Å². The van der Waals surface area contributed by atoms with E-state index in [0.717, 1.165) is 32.9 Å². The second-order valence-corrected chi connectivity index (χ2v) is 9.16. The molecule has 6 aromatic rings. The number of allylic oxidation sites excluding steroid dienone is 1. The van der Waals surface area contributed by atoms with Crippen molar-refractivity contribution in [3.05, 3.63) is 109 Å². The van der Waals surface area contributed by atoms with Crippen LogP contribution in [0.4, 0.5) is 30.4 Å². The second-order valence-electron chi connectivity index (χ2n) is 9.16. The summed E-state index contributed by atoms with van der Waals surface area (Å²) in [6.07, 6.45) is -0.811. The molecule has 0 radical (unpaired) electrons. The molecule has 0 aliphatic heterocycles. The number of alkyl halides is 3. The molecule has 2 N–H and O–H groups in total. The number of carbonyl (C=O) groups is 1. The molecule has 2 heterocycles. The Morgan fingerprint density at radius 2 is 1.68 bits per heavy atom. The van der Waals surface area contributed by atoms with E-state index in [2.05, 4.69) is 32.7 Å². The van der Waals surface area contributed by atoms with Gasteiger partial charge in [-0.2, -0.15) is 18.3 Å². The first-order valence-electron chi connectivity index (χ1n) is 12.3. The van der Waals surface area contributed by atoms with E-state index in [4.69, 9.17) is 5.10 Å². The van der Waals surface area contributed by atoms with E-state index in [1.807, 2.05) is 59.4 Å². The Labute approximate surface area is 226 Å². The molecule has 2 aromatic heterocycles. The van der Waals surface area contributed by atoms with Crippen LogP contribution >= 0.6 is 0 Å². The normalized spacial score (nSPS) is 12.0. The van der Waals surface area contributed by atoms with Gasteiger partial charge in [-0.05, 0) is 29.8 Å². The van der Waals surface area contributed by atoms with Crippen molar-refractivity contribution in [1.82, 2.24) is 19.7 Å². The minimum atomic E-state index is -4.58. The molecule has 0 atom stereocenters. The first-order chi connectivity index (χ1) is 19.3. The number of rotatable bonds is 6. The van der Waals surface area contributed by atoms with Crippen LogP contribution in [0.15, 0.2) is 104 Å². The number of hydrogen-bond acceptors (Lipinski definition) is 5. The molecule has 0 fully saturated rings. The summed E-state index contributed by atoms with van der Waals surface area (Å²) in [5.74, 6) is -0.417. The number of aromatic nitrogens is 4. The fourth-order valence-electron chi connectivity index (χ4n) is 4.58. The lowest BCUT2D eigenvalue weighted by Gasteiger charge is -2.12. The van der Waals surface area contributed by atoms with Gasteiger partial charge in [0.05, 0.1) is 12.1 Å². The molecule has 0 saturated heterocycles. The minimum absolute atomic E-state index is 0.108. The van der Waals surface area contributed by atoms with Crippen molar-refractivity contribution in [2.24, 2.45) is 0 Å². The highest BCUT2D eigenvalue weighted by Crippen LogP contribution is 2.34. The molecule has 6 rings (SSSR count). The number of amides is 1. The highest BCUT2D eigenvalue weighted by molar-refractivity contribution is 6.12. The average Bonchev–Trinajstić information content (AvgIpc) is 3.35. The van der Waals surface area contributed by atoms with E-state index in [1.54, 1.807) is 18.2 Å². The van der Waals surface area contributed by atoms with Crippen molar-refractivity contribution < 1.29 is 18.0 Å². The maximum absolute atomic E-state index is 12.4. The first kappa shape index (κ1) is 25.1. The quantitative estimate of drug-likeness (QED) is 0.224. The smallest absolute Gasteiger partial charge is 0.339 e. The molecule has 4 aromatic carbocycles. The topological polar surface area (TPSA) is 84.7 Å². The van der Waals surface area contributed by atoms with E-state index in [9.17, 15) is 18.0 Å². The number of nitrogens with zero attached hydrogens (tertiary/aromatic N) is 4. The van der Waals surface area contributed by atoms with Crippen molar-refractivity contribution in [1.29, 1.82) is 0 Å².